The minimum atomic E-state index is 0.186. The van der Waals surface area contributed by atoms with Crippen LogP contribution in [0.3, 0.4) is 0 Å². The predicted octanol–water partition coefficient (Wildman–Crippen LogP) is 2.20. The Morgan fingerprint density at radius 3 is 2.67 bits per heavy atom. The molecule has 3 nitrogen and oxygen atoms in total. The van der Waals surface area contributed by atoms with Crippen molar-refractivity contribution in [3.63, 3.8) is 0 Å². The molecule has 15 heavy (non-hydrogen) atoms. The summed E-state index contributed by atoms with van der Waals surface area (Å²) in [6.45, 7) is 8.55. The molecule has 1 aliphatic heterocycles. The van der Waals surface area contributed by atoms with E-state index in [1.54, 1.807) is 7.11 Å². The molecule has 0 spiro atoms. The summed E-state index contributed by atoms with van der Waals surface area (Å²) < 4.78 is 5.35. The van der Waals surface area contributed by atoms with Crippen LogP contribution in [0.5, 0.6) is 5.75 Å². The van der Waals surface area contributed by atoms with Crippen molar-refractivity contribution in [1.29, 1.82) is 0 Å². The van der Waals surface area contributed by atoms with Gasteiger partial charge in [-0.3, -0.25) is 9.88 Å². The summed E-state index contributed by atoms with van der Waals surface area (Å²) in [5, 5.41) is 0. The second-order valence-electron chi connectivity index (χ2n) is 4.97. The van der Waals surface area contributed by atoms with E-state index in [1.807, 2.05) is 12.3 Å². The smallest absolute Gasteiger partial charge is 0.126 e. The first-order valence-electron chi connectivity index (χ1n) is 5.28. The average molecular weight is 206 g/mol. The molecule has 0 fully saturated rings. The Labute approximate surface area is 91.1 Å². The van der Waals surface area contributed by atoms with E-state index in [9.17, 15) is 0 Å². The molecule has 0 amide bonds. The summed E-state index contributed by atoms with van der Waals surface area (Å²) >= 11 is 0. The third kappa shape index (κ3) is 1.84. The molecule has 2 rings (SSSR count). The molecule has 0 saturated heterocycles. The fourth-order valence-corrected chi connectivity index (χ4v) is 1.91. The Bertz CT molecular complexity index is 368. The first-order chi connectivity index (χ1) is 7.02. The highest BCUT2D eigenvalue weighted by Crippen LogP contribution is 2.32. The van der Waals surface area contributed by atoms with Crippen LogP contribution in [0.25, 0.3) is 0 Å². The van der Waals surface area contributed by atoms with E-state index in [4.69, 9.17) is 4.74 Å². The van der Waals surface area contributed by atoms with Gasteiger partial charge in [-0.25, -0.2) is 0 Å². The normalized spacial score (nSPS) is 16.5. The Balaban J connectivity index is 2.31. The van der Waals surface area contributed by atoms with Gasteiger partial charge in [0.15, 0.2) is 0 Å². The van der Waals surface area contributed by atoms with Crippen LogP contribution >= 0.6 is 0 Å². The number of nitrogens with zero attached hydrogens (tertiary/aromatic N) is 2. The van der Waals surface area contributed by atoms with Gasteiger partial charge in [0.2, 0.25) is 0 Å². The lowest BCUT2D eigenvalue weighted by Gasteiger charge is -2.31. The Hall–Kier alpha value is -1.09. The summed E-state index contributed by atoms with van der Waals surface area (Å²) in [7, 11) is 1.72. The number of methoxy groups -OCH3 is 1. The van der Waals surface area contributed by atoms with Crippen molar-refractivity contribution in [1.82, 2.24) is 9.88 Å². The van der Waals surface area contributed by atoms with Gasteiger partial charge in [0.05, 0.1) is 12.8 Å². The van der Waals surface area contributed by atoms with E-state index in [2.05, 4.69) is 30.7 Å². The zero-order chi connectivity index (χ0) is 11.1. The Kier molecular flexibility index (Phi) is 2.43. The number of hydrogen-bond acceptors (Lipinski definition) is 3. The van der Waals surface area contributed by atoms with Crippen LogP contribution in [0.2, 0.25) is 0 Å². The van der Waals surface area contributed by atoms with Crippen LogP contribution in [0, 0.1) is 0 Å². The van der Waals surface area contributed by atoms with Crippen LogP contribution in [-0.2, 0) is 13.1 Å². The molecule has 1 aliphatic rings. The number of ether oxygens (including phenoxy) is 1. The van der Waals surface area contributed by atoms with Gasteiger partial charge in [0, 0.05) is 30.4 Å². The number of pyridine rings is 1. The van der Waals surface area contributed by atoms with Crippen LogP contribution in [0.1, 0.15) is 32.0 Å². The highest BCUT2D eigenvalue weighted by atomic mass is 16.5. The van der Waals surface area contributed by atoms with Crippen molar-refractivity contribution in [2.75, 3.05) is 7.11 Å². The first-order valence-corrected chi connectivity index (χ1v) is 5.28. The van der Waals surface area contributed by atoms with Crippen molar-refractivity contribution in [3.05, 3.63) is 23.5 Å². The van der Waals surface area contributed by atoms with E-state index >= 15 is 0 Å². The maximum absolute atomic E-state index is 5.35. The van der Waals surface area contributed by atoms with Gasteiger partial charge < -0.3 is 4.74 Å². The molecule has 0 radical (unpaired) electrons. The quantitative estimate of drug-likeness (QED) is 0.704. The van der Waals surface area contributed by atoms with E-state index < -0.39 is 0 Å². The number of fused-ring (bicyclic) bond motifs is 1. The molecule has 0 aliphatic carbocycles. The summed E-state index contributed by atoms with van der Waals surface area (Å²) in [5.41, 5.74) is 2.59. The van der Waals surface area contributed by atoms with Crippen LogP contribution < -0.4 is 4.74 Å². The molecule has 0 N–H and O–H groups in total. The SMILES string of the molecule is COc1ccnc2c1CN(C(C)(C)C)C2. The second-order valence-corrected chi connectivity index (χ2v) is 4.97. The van der Waals surface area contributed by atoms with Gasteiger partial charge in [-0.15, -0.1) is 0 Å². The van der Waals surface area contributed by atoms with Crippen LogP contribution in [0.4, 0.5) is 0 Å². The largest absolute Gasteiger partial charge is 0.496 e. The van der Waals surface area contributed by atoms with Gasteiger partial charge in [-0.1, -0.05) is 0 Å². The Morgan fingerprint density at radius 1 is 1.33 bits per heavy atom. The molecule has 0 aromatic carbocycles. The first kappa shape index (κ1) is 10.4. The van der Waals surface area contributed by atoms with Gasteiger partial charge in [-0.05, 0) is 26.8 Å². The molecule has 0 saturated carbocycles. The van der Waals surface area contributed by atoms with Crippen molar-refractivity contribution >= 4 is 0 Å². The number of hydrogen-bond donors (Lipinski definition) is 0. The summed E-state index contributed by atoms with van der Waals surface area (Å²) in [6.07, 6.45) is 1.82. The second kappa shape index (κ2) is 3.49. The molecule has 0 atom stereocenters. The van der Waals surface area contributed by atoms with Crippen molar-refractivity contribution in [2.45, 2.75) is 39.4 Å². The number of rotatable bonds is 1. The summed E-state index contributed by atoms with van der Waals surface area (Å²) in [5.74, 6) is 0.965. The highest BCUT2D eigenvalue weighted by molar-refractivity contribution is 5.38. The van der Waals surface area contributed by atoms with Crippen molar-refractivity contribution in [3.8, 4) is 5.75 Å². The molecular weight excluding hydrogens is 188 g/mol. The van der Waals surface area contributed by atoms with Crippen LogP contribution in [-0.4, -0.2) is 22.5 Å². The van der Waals surface area contributed by atoms with E-state index in [0.717, 1.165) is 24.5 Å². The maximum Gasteiger partial charge on any atom is 0.126 e. The highest BCUT2D eigenvalue weighted by Gasteiger charge is 2.30. The third-order valence-corrected chi connectivity index (χ3v) is 2.96. The minimum absolute atomic E-state index is 0.186. The molecule has 1 aromatic rings. The molecule has 3 heteroatoms. The zero-order valence-electron chi connectivity index (χ0n) is 9.87. The van der Waals surface area contributed by atoms with Crippen molar-refractivity contribution in [2.24, 2.45) is 0 Å². The van der Waals surface area contributed by atoms with E-state index in [-0.39, 0.29) is 5.54 Å². The lowest BCUT2D eigenvalue weighted by molar-refractivity contribution is 0.135. The monoisotopic (exact) mass is 206 g/mol. The predicted molar refractivity (Wildman–Crippen MR) is 59.8 cm³/mol. The molecular formula is C12H18N2O. The zero-order valence-corrected chi connectivity index (χ0v) is 9.87. The summed E-state index contributed by atoms with van der Waals surface area (Å²) in [6, 6.07) is 1.94. The molecule has 0 unspecified atom stereocenters. The average Bonchev–Trinajstić information content (AvgIpc) is 2.59. The lowest BCUT2D eigenvalue weighted by Crippen LogP contribution is -2.36. The van der Waals surface area contributed by atoms with E-state index in [0.29, 0.717) is 0 Å². The fourth-order valence-electron chi connectivity index (χ4n) is 1.91. The molecule has 82 valence electrons. The fraction of sp³-hybridized carbons (Fsp3) is 0.583. The van der Waals surface area contributed by atoms with Gasteiger partial charge >= 0.3 is 0 Å². The lowest BCUT2D eigenvalue weighted by atomic mass is 10.1. The molecule has 0 bridgehead atoms. The molecule has 1 aromatic heterocycles. The minimum Gasteiger partial charge on any atom is -0.496 e. The number of aromatic nitrogens is 1. The Morgan fingerprint density at radius 2 is 2.07 bits per heavy atom. The maximum atomic E-state index is 5.35. The molecule has 2 heterocycles. The summed E-state index contributed by atoms with van der Waals surface area (Å²) in [4.78, 5) is 6.82. The van der Waals surface area contributed by atoms with Gasteiger partial charge in [-0.2, -0.15) is 0 Å². The third-order valence-electron chi connectivity index (χ3n) is 2.96. The van der Waals surface area contributed by atoms with Crippen LogP contribution in [0.15, 0.2) is 12.3 Å². The van der Waals surface area contributed by atoms with Gasteiger partial charge in [0.25, 0.3) is 0 Å². The van der Waals surface area contributed by atoms with E-state index in [1.165, 1.54) is 5.56 Å². The topological polar surface area (TPSA) is 25.4 Å². The van der Waals surface area contributed by atoms with Gasteiger partial charge in [0.1, 0.15) is 5.75 Å². The standard InChI is InChI=1S/C12H18N2O/c1-12(2,3)14-7-9-10(8-14)13-6-5-11(9)15-4/h5-6H,7-8H2,1-4H3. The van der Waals surface area contributed by atoms with Crippen molar-refractivity contribution < 1.29 is 4.74 Å².